The van der Waals surface area contributed by atoms with E-state index in [9.17, 15) is 4.79 Å². The van der Waals surface area contributed by atoms with Crippen molar-refractivity contribution in [3.63, 3.8) is 0 Å². The third-order valence-corrected chi connectivity index (χ3v) is 2.65. The minimum atomic E-state index is -0.159. The average molecular weight is 172 g/mol. The maximum atomic E-state index is 11.2. The van der Waals surface area contributed by atoms with Gasteiger partial charge in [-0.15, -0.1) is 0 Å². The second-order valence-electron chi connectivity index (χ2n) is 3.36. The first-order chi connectivity index (χ1) is 5.79. The molecule has 0 spiro atoms. The van der Waals surface area contributed by atoms with Crippen molar-refractivity contribution in [3.8, 4) is 0 Å². The molecule has 3 nitrogen and oxygen atoms in total. The maximum absolute atomic E-state index is 11.2. The smallest absolute Gasteiger partial charge is 0.309 e. The van der Waals surface area contributed by atoms with Crippen LogP contribution >= 0.6 is 0 Å². The van der Waals surface area contributed by atoms with Gasteiger partial charge in [0.1, 0.15) is 0 Å². The van der Waals surface area contributed by atoms with E-state index in [4.69, 9.17) is 5.11 Å². The monoisotopic (exact) mass is 172 g/mol. The largest absolute Gasteiger partial charge is 0.469 e. The highest BCUT2D eigenvalue weighted by molar-refractivity contribution is 5.72. The number of aliphatic hydroxyl groups is 1. The van der Waals surface area contributed by atoms with Crippen molar-refractivity contribution in [3.05, 3.63) is 0 Å². The fourth-order valence-electron chi connectivity index (χ4n) is 1.89. The lowest BCUT2D eigenvalue weighted by Crippen LogP contribution is -2.30. The Morgan fingerprint density at radius 1 is 1.50 bits per heavy atom. The molecule has 1 aliphatic carbocycles. The quantitative estimate of drug-likeness (QED) is 0.631. The van der Waals surface area contributed by atoms with Crippen molar-refractivity contribution >= 4 is 5.97 Å². The van der Waals surface area contributed by atoms with E-state index >= 15 is 0 Å². The van der Waals surface area contributed by atoms with Crippen molar-refractivity contribution in [2.24, 2.45) is 11.8 Å². The minimum absolute atomic E-state index is 0.0613. The SMILES string of the molecule is COC(=O)[C@H]1CCCC[C@H]1CO. The molecule has 0 aromatic carbocycles. The average Bonchev–Trinajstić information content (AvgIpc) is 2.16. The molecular weight excluding hydrogens is 156 g/mol. The van der Waals surface area contributed by atoms with Crippen LogP contribution in [0.15, 0.2) is 0 Å². The Morgan fingerprint density at radius 3 is 2.75 bits per heavy atom. The van der Waals surface area contributed by atoms with Crippen molar-refractivity contribution in [2.45, 2.75) is 25.7 Å². The predicted octanol–water partition coefficient (Wildman–Crippen LogP) is 0.958. The van der Waals surface area contributed by atoms with E-state index in [2.05, 4.69) is 4.74 Å². The van der Waals surface area contributed by atoms with Gasteiger partial charge in [0.15, 0.2) is 0 Å². The second kappa shape index (κ2) is 4.45. The molecule has 1 saturated carbocycles. The van der Waals surface area contributed by atoms with Crippen LogP contribution in [0.1, 0.15) is 25.7 Å². The molecule has 0 amide bonds. The summed E-state index contributed by atoms with van der Waals surface area (Å²) in [6, 6.07) is 0. The molecule has 1 aliphatic rings. The molecule has 0 saturated heterocycles. The number of rotatable bonds is 2. The van der Waals surface area contributed by atoms with Crippen molar-refractivity contribution < 1.29 is 14.6 Å². The lowest BCUT2D eigenvalue weighted by atomic mass is 9.80. The number of hydrogen-bond donors (Lipinski definition) is 1. The Morgan fingerprint density at radius 2 is 2.17 bits per heavy atom. The lowest BCUT2D eigenvalue weighted by Gasteiger charge is -2.27. The molecule has 0 radical (unpaired) electrons. The van der Waals surface area contributed by atoms with E-state index in [1.165, 1.54) is 7.11 Å². The van der Waals surface area contributed by atoms with Gasteiger partial charge in [0.2, 0.25) is 0 Å². The highest BCUT2D eigenvalue weighted by Gasteiger charge is 2.30. The second-order valence-corrected chi connectivity index (χ2v) is 3.36. The fourth-order valence-corrected chi connectivity index (χ4v) is 1.89. The van der Waals surface area contributed by atoms with Crippen LogP contribution < -0.4 is 0 Å². The van der Waals surface area contributed by atoms with Gasteiger partial charge in [-0.05, 0) is 18.8 Å². The van der Waals surface area contributed by atoms with Crippen LogP contribution in [0, 0.1) is 11.8 Å². The standard InChI is InChI=1S/C9H16O3/c1-12-9(11)8-5-3-2-4-7(8)6-10/h7-8,10H,2-6H2,1H3/t7-,8-/m0/s1. The summed E-state index contributed by atoms with van der Waals surface area (Å²) in [5.74, 6) is -0.0892. The van der Waals surface area contributed by atoms with Gasteiger partial charge in [0.05, 0.1) is 13.0 Å². The van der Waals surface area contributed by atoms with E-state index in [1.807, 2.05) is 0 Å². The first kappa shape index (κ1) is 9.52. The van der Waals surface area contributed by atoms with E-state index in [0.29, 0.717) is 0 Å². The summed E-state index contributed by atoms with van der Waals surface area (Å²) in [7, 11) is 1.41. The van der Waals surface area contributed by atoms with Crippen LogP contribution in [-0.4, -0.2) is 24.8 Å². The molecular formula is C9H16O3. The van der Waals surface area contributed by atoms with Crippen LogP contribution in [0.5, 0.6) is 0 Å². The summed E-state index contributed by atoms with van der Waals surface area (Å²) < 4.78 is 4.67. The summed E-state index contributed by atoms with van der Waals surface area (Å²) in [5.41, 5.74) is 0. The van der Waals surface area contributed by atoms with Gasteiger partial charge in [-0.2, -0.15) is 0 Å². The molecule has 0 unspecified atom stereocenters. The van der Waals surface area contributed by atoms with Gasteiger partial charge in [0.25, 0.3) is 0 Å². The van der Waals surface area contributed by atoms with Crippen LogP contribution in [0.2, 0.25) is 0 Å². The topological polar surface area (TPSA) is 46.5 Å². The van der Waals surface area contributed by atoms with E-state index in [-0.39, 0.29) is 24.4 Å². The van der Waals surface area contributed by atoms with Gasteiger partial charge >= 0.3 is 5.97 Å². The Balaban J connectivity index is 2.52. The molecule has 0 aliphatic heterocycles. The molecule has 1 fully saturated rings. The molecule has 12 heavy (non-hydrogen) atoms. The Kier molecular flexibility index (Phi) is 3.53. The molecule has 2 atom stereocenters. The maximum Gasteiger partial charge on any atom is 0.309 e. The molecule has 0 bridgehead atoms. The van der Waals surface area contributed by atoms with Crippen molar-refractivity contribution in [2.75, 3.05) is 13.7 Å². The first-order valence-corrected chi connectivity index (χ1v) is 4.48. The molecule has 1 N–H and O–H groups in total. The number of methoxy groups -OCH3 is 1. The Hall–Kier alpha value is -0.570. The van der Waals surface area contributed by atoms with Crippen LogP contribution in [-0.2, 0) is 9.53 Å². The summed E-state index contributed by atoms with van der Waals surface area (Å²) in [6.45, 7) is 0.111. The molecule has 0 aromatic rings. The number of esters is 1. The Bertz CT molecular complexity index is 156. The van der Waals surface area contributed by atoms with Crippen LogP contribution in [0.25, 0.3) is 0 Å². The van der Waals surface area contributed by atoms with Crippen LogP contribution in [0.3, 0.4) is 0 Å². The summed E-state index contributed by atoms with van der Waals surface area (Å²) in [6.07, 6.45) is 4.03. The van der Waals surface area contributed by atoms with Crippen molar-refractivity contribution in [1.29, 1.82) is 0 Å². The van der Waals surface area contributed by atoms with E-state index in [0.717, 1.165) is 25.7 Å². The van der Waals surface area contributed by atoms with Gasteiger partial charge in [-0.3, -0.25) is 4.79 Å². The molecule has 70 valence electrons. The molecule has 0 heterocycles. The first-order valence-electron chi connectivity index (χ1n) is 4.48. The Labute approximate surface area is 72.7 Å². The third kappa shape index (κ3) is 1.97. The zero-order valence-electron chi connectivity index (χ0n) is 7.45. The van der Waals surface area contributed by atoms with Gasteiger partial charge in [-0.25, -0.2) is 0 Å². The molecule has 3 heteroatoms. The minimum Gasteiger partial charge on any atom is -0.469 e. The number of hydrogen-bond acceptors (Lipinski definition) is 3. The third-order valence-electron chi connectivity index (χ3n) is 2.65. The molecule has 1 rings (SSSR count). The summed E-state index contributed by atoms with van der Waals surface area (Å²) >= 11 is 0. The van der Waals surface area contributed by atoms with Gasteiger partial charge in [0, 0.05) is 6.61 Å². The predicted molar refractivity (Wildman–Crippen MR) is 44.5 cm³/mol. The lowest BCUT2D eigenvalue weighted by molar-refractivity contribution is -0.149. The highest BCUT2D eigenvalue weighted by atomic mass is 16.5. The van der Waals surface area contributed by atoms with Crippen LogP contribution in [0.4, 0.5) is 0 Å². The normalized spacial score (nSPS) is 29.8. The highest BCUT2D eigenvalue weighted by Crippen LogP contribution is 2.30. The fraction of sp³-hybridized carbons (Fsp3) is 0.889. The summed E-state index contributed by atoms with van der Waals surface area (Å²) in [5, 5.41) is 9.00. The summed E-state index contributed by atoms with van der Waals surface area (Å²) in [4.78, 5) is 11.2. The number of ether oxygens (including phenoxy) is 1. The van der Waals surface area contributed by atoms with E-state index < -0.39 is 0 Å². The van der Waals surface area contributed by atoms with Gasteiger partial charge < -0.3 is 9.84 Å². The van der Waals surface area contributed by atoms with E-state index in [1.54, 1.807) is 0 Å². The number of aliphatic hydroxyl groups excluding tert-OH is 1. The molecule has 0 aromatic heterocycles. The zero-order chi connectivity index (χ0) is 8.97. The van der Waals surface area contributed by atoms with Gasteiger partial charge in [-0.1, -0.05) is 12.8 Å². The zero-order valence-corrected chi connectivity index (χ0v) is 7.45. The number of carbonyl (C=O) groups excluding carboxylic acids is 1. The van der Waals surface area contributed by atoms with Crippen molar-refractivity contribution in [1.82, 2.24) is 0 Å². The number of carbonyl (C=O) groups is 1.